The summed E-state index contributed by atoms with van der Waals surface area (Å²) in [6.07, 6.45) is 1.84. The maximum Gasteiger partial charge on any atom is 0.133 e. The summed E-state index contributed by atoms with van der Waals surface area (Å²) in [6, 6.07) is 40.8. The van der Waals surface area contributed by atoms with Crippen LogP contribution in [-0.2, 0) is 0 Å². The van der Waals surface area contributed by atoms with Crippen molar-refractivity contribution in [3.63, 3.8) is 0 Å². The Morgan fingerprint density at radius 1 is 0.500 bits per heavy atom. The van der Waals surface area contributed by atoms with Crippen LogP contribution < -0.4 is 14.2 Å². The molecule has 0 amide bonds. The third-order valence-electron chi connectivity index (χ3n) is 7.41. The van der Waals surface area contributed by atoms with E-state index >= 15 is 0 Å². The summed E-state index contributed by atoms with van der Waals surface area (Å²) < 4.78 is 19.6. The molecule has 0 heterocycles. The molecule has 0 aliphatic heterocycles. The topological polar surface area (TPSA) is 27.7 Å². The highest BCUT2D eigenvalue weighted by molar-refractivity contribution is 14.1. The first-order valence-electron chi connectivity index (χ1n) is 14.0. The number of benzene rings is 6. The lowest BCUT2D eigenvalue weighted by Gasteiger charge is -2.18. The van der Waals surface area contributed by atoms with Crippen molar-refractivity contribution in [1.29, 1.82) is 0 Å². The molecule has 6 aromatic carbocycles. The van der Waals surface area contributed by atoms with Crippen molar-refractivity contribution in [3.8, 4) is 39.5 Å². The number of hydrogen-bond donors (Lipinski definition) is 0. The van der Waals surface area contributed by atoms with Crippen LogP contribution in [0.25, 0.3) is 43.8 Å². The molecule has 5 heteroatoms. The van der Waals surface area contributed by atoms with Crippen molar-refractivity contribution >= 4 is 66.7 Å². The van der Waals surface area contributed by atoms with Crippen molar-refractivity contribution < 1.29 is 14.2 Å². The summed E-state index contributed by atoms with van der Waals surface area (Å²) in [7, 11) is 1.69. The molecule has 0 spiro atoms. The minimum absolute atomic E-state index is 0.650. The van der Waals surface area contributed by atoms with E-state index in [9.17, 15) is 0 Å². The van der Waals surface area contributed by atoms with Gasteiger partial charge in [0, 0.05) is 0 Å². The lowest BCUT2D eigenvalue weighted by atomic mass is 9.86. The predicted molar refractivity (Wildman–Crippen MR) is 191 cm³/mol. The average Bonchev–Trinajstić information content (AvgIpc) is 3.03. The molecule has 0 aliphatic rings. The SMILES string of the molecule is COc1cc(I)c(OCCCCOc2ccc(-c3c4ccccc4c(-c4ccccc4)c4ccccc34)cc2)cc1I. The number of methoxy groups -OCH3 is 1. The van der Waals surface area contributed by atoms with Crippen molar-refractivity contribution in [3.05, 3.63) is 122 Å². The number of hydrogen-bond acceptors (Lipinski definition) is 3. The highest BCUT2D eigenvalue weighted by atomic mass is 127. The quantitative estimate of drug-likeness (QED) is 0.0788. The van der Waals surface area contributed by atoms with Crippen LogP contribution in [0, 0.1) is 7.14 Å². The molecule has 0 unspecified atom stereocenters. The number of ether oxygens (including phenoxy) is 3. The highest BCUT2D eigenvalue weighted by Crippen LogP contribution is 2.43. The van der Waals surface area contributed by atoms with E-state index < -0.39 is 0 Å². The van der Waals surface area contributed by atoms with Crippen LogP contribution >= 0.6 is 45.2 Å². The zero-order valence-corrected chi connectivity index (χ0v) is 27.6. The second-order valence-electron chi connectivity index (χ2n) is 10.1. The second kappa shape index (κ2) is 13.3. The minimum Gasteiger partial charge on any atom is -0.496 e. The van der Waals surface area contributed by atoms with E-state index in [1.807, 2.05) is 12.1 Å². The average molecular weight is 776 g/mol. The highest BCUT2D eigenvalue weighted by Gasteiger charge is 2.16. The van der Waals surface area contributed by atoms with E-state index in [1.165, 1.54) is 43.8 Å². The fraction of sp³-hybridized carbons (Fsp3) is 0.135. The van der Waals surface area contributed by atoms with Gasteiger partial charge in [0.1, 0.15) is 17.2 Å². The normalized spacial score (nSPS) is 11.1. The maximum absolute atomic E-state index is 6.10. The number of rotatable bonds is 10. The summed E-state index contributed by atoms with van der Waals surface area (Å²) in [5.41, 5.74) is 4.96. The summed E-state index contributed by atoms with van der Waals surface area (Å²) in [5.74, 6) is 2.65. The molecule has 210 valence electrons. The standard InChI is InChI=1S/C37H30I2O3/c1-40-34-23-33(39)35(24-32(34)38)42-22-10-9-21-41-27-19-17-26(18-20-27)37-30-15-7-5-13-28(30)36(25-11-3-2-4-12-25)29-14-6-8-16-31(29)37/h2-8,11-20,23-24H,9-10,21-22H2,1H3. The van der Waals surface area contributed by atoms with Crippen LogP contribution in [0.1, 0.15) is 12.8 Å². The molecular formula is C37H30I2O3. The van der Waals surface area contributed by atoms with Gasteiger partial charge in [-0.15, -0.1) is 0 Å². The Morgan fingerprint density at radius 2 is 0.952 bits per heavy atom. The van der Waals surface area contributed by atoms with Gasteiger partial charge in [-0.3, -0.25) is 0 Å². The van der Waals surface area contributed by atoms with Crippen molar-refractivity contribution in [2.24, 2.45) is 0 Å². The fourth-order valence-electron chi connectivity index (χ4n) is 5.43. The molecule has 0 aromatic heterocycles. The zero-order chi connectivity index (χ0) is 28.9. The van der Waals surface area contributed by atoms with Crippen LogP contribution in [0.15, 0.2) is 115 Å². The molecule has 0 atom stereocenters. The van der Waals surface area contributed by atoms with Crippen LogP contribution in [0.4, 0.5) is 0 Å². The molecule has 6 rings (SSSR count). The molecule has 6 aromatic rings. The van der Waals surface area contributed by atoms with Crippen LogP contribution in [0.2, 0.25) is 0 Å². The molecule has 0 radical (unpaired) electrons. The summed E-state index contributed by atoms with van der Waals surface area (Å²) >= 11 is 4.56. The van der Waals surface area contributed by atoms with Crippen LogP contribution in [-0.4, -0.2) is 20.3 Å². The first-order valence-corrected chi connectivity index (χ1v) is 16.2. The van der Waals surface area contributed by atoms with Gasteiger partial charge < -0.3 is 14.2 Å². The number of halogens is 2. The van der Waals surface area contributed by atoms with Gasteiger partial charge >= 0.3 is 0 Å². The Hall–Kier alpha value is -3.30. The third-order valence-corrected chi connectivity index (χ3v) is 9.09. The van der Waals surface area contributed by atoms with Gasteiger partial charge in [-0.25, -0.2) is 0 Å². The van der Waals surface area contributed by atoms with Crippen LogP contribution in [0.3, 0.4) is 0 Å². The van der Waals surface area contributed by atoms with Gasteiger partial charge in [0.15, 0.2) is 0 Å². The molecule has 0 saturated heterocycles. The molecule has 0 saturated carbocycles. The van der Waals surface area contributed by atoms with Gasteiger partial charge in [-0.05, 0) is 126 Å². The third kappa shape index (κ3) is 6.08. The Bertz CT molecular complexity index is 1780. The Morgan fingerprint density at radius 3 is 1.50 bits per heavy atom. The Kier molecular flexibility index (Phi) is 9.15. The molecule has 0 N–H and O–H groups in total. The van der Waals surface area contributed by atoms with Gasteiger partial charge in [0.05, 0.1) is 27.5 Å². The van der Waals surface area contributed by atoms with E-state index in [0.29, 0.717) is 13.2 Å². The van der Waals surface area contributed by atoms with E-state index in [-0.39, 0.29) is 0 Å². The Labute approximate surface area is 274 Å². The molecule has 0 fully saturated rings. The van der Waals surface area contributed by atoms with E-state index in [1.54, 1.807) is 7.11 Å². The van der Waals surface area contributed by atoms with E-state index in [0.717, 1.165) is 37.2 Å². The molecular weight excluding hydrogens is 746 g/mol. The smallest absolute Gasteiger partial charge is 0.133 e. The predicted octanol–water partition coefficient (Wildman–Crippen LogP) is 10.8. The molecule has 0 bridgehead atoms. The largest absolute Gasteiger partial charge is 0.496 e. The van der Waals surface area contributed by atoms with Gasteiger partial charge in [0.2, 0.25) is 0 Å². The minimum atomic E-state index is 0.650. The van der Waals surface area contributed by atoms with Crippen molar-refractivity contribution in [2.75, 3.05) is 20.3 Å². The molecule has 42 heavy (non-hydrogen) atoms. The lowest BCUT2D eigenvalue weighted by molar-refractivity contribution is 0.265. The molecule has 3 nitrogen and oxygen atoms in total. The zero-order valence-electron chi connectivity index (χ0n) is 23.3. The van der Waals surface area contributed by atoms with E-state index in [2.05, 4.69) is 148 Å². The Balaban J connectivity index is 1.17. The van der Waals surface area contributed by atoms with Crippen molar-refractivity contribution in [2.45, 2.75) is 12.8 Å². The summed E-state index contributed by atoms with van der Waals surface area (Å²) in [5, 5.41) is 5.04. The number of unbranched alkanes of at least 4 members (excludes halogenated alkanes) is 1. The second-order valence-corrected chi connectivity index (χ2v) is 12.4. The molecule has 0 aliphatic carbocycles. The maximum atomic E-state index is 6.10. The van der Waals surface area contributed by atoms with Crippen LogP contribution in [0.5, 0.6) is 17.2 Å². The van der Waals surface area contributed by atoms with Gasteiger partial charge in [-0.1, -0.05) is 91.0 Å². The first-order chi connectivity index (χ1) is 20.6. The summed E-state index contributed by atoms with van der Waals surface area (Å²) in [6.45, 7) is 1.30. The van der Waals surface area contributed by atoms with E-state index in [4.69, 9.17) is 14.2 Å². The lowest BCUT2D eigenvalue weighted by Crippen LogP contribution is -2.04. The van der Waals surface area contributed by atoms with Gasteiger partial charge in [-0.2, -0.15) is 0 Å². The van der Waals surface area contributed by atoms with Gasteiger partial charge in [0.25, 0.3) is 0 Å². The summed E-state index contributed by atoms with van der Waals surface area (Å²) in [4.78, 5) is 0. The monoisotopic (exact) mass is 776 g/mol. The van der Waals surface area contributed by atoms with Crippen molar-refractivity contribution in [1.82, 2.24) is 0 Å². The fourth-order valence-corrected chi connectivity index (χ4v) is 6.68. The first kappa shape index (κ1) is 28.8. The number of fused-ring (bicyclic) bond motifs is 2.